The lowest BCUT2D eigenvalue weighted by Gasteiger charge is -2.02. The molecule has 1 heterocycles. The van der Waals surface area contributed by atoms with Crippen molar-refractivity contribution < 1.29 is 23.3 Å². The normalized spacial score (nSPS) is 10.7. The second kappa shape index (κ2) is 5.53. The minimum atomic E-state index is -0.757. The number of non-ortho nitro benzene ring substituents is 1. The number of nitro benzene ring substituents is 1. The van der Waals surface area contributed by atoms with Crippen LogP contribution in [0.1, 0.15) is 16.1 Å². The first kappa shape index (κ1) is 14.7. The van der Waals surface area contributed by atoms with Gasteiger partial charge in [-0.15, -0.1) is 0 Å². The summed E-state index contributed by atoms with van der Waals surface area (Å²) in [6, 6.07) is 9.02. The minimum absolute atomic E-state index is 0.0380. The Balaban J connectivity index is 1.88. The second-order valence-electron chi connectivity index (χ2n) is 4.84. The van der Waals surface area contributed by atoms with Gasteiger partial charge in [-0.3, -0.25) is 10.1 Å². The Labute approximate surface area is 129 Å². The van der Waals surface area contributed by atoms with Crippen molar-refractivity contribution in [3.05, 3.63) is 69.7 Å². The molecule has 0 saturated carbocycles. The average molecular weight is 315 g/mol. The van der Waals surface area contributed by atoms with Crippen LogP contribution >= 0.6 is 0 Å². The van der Waals surface area contributed by atoms with E-state index in [2.05, 4.69) is 0 Å². The predicted octanol–water partition coefficient (Wildman–Crippen LogP) is 4.01. The van der Waals surface area contributed by atoms with Crippen molar-refractivity contribution in [2.75, 3.05) is 0 Å². The van der Waals surface area contributed by atoms with Gasteiger partial charge < -0.3 is 9.15 Å². The molecular formula is C16H10FNO5. The van der Waals surface area contributed by atoms with Crippen molar-refractivity contribution in [1.82, 2.24) is 0 Å². The summed E-state index contributed by atoms with van der Waals surface area (Å²) in [6.07, 6.45) is 0. The van der Waals surface area contributed by atoms with Gasteiger partial charge in [-0.2, -0.15) is 0 Å². The van der Waals surface area contributed by atoms with Crippen LogP contribution in [0.15, 0.2) is 46.9 Å². The molecule has 2 aromatic carbocycles. The van der Waals surface area contributed by atoms with Crippen LogP contribution in [0.4, 0.5) is 10.1 Å². The van der Waals surface area contributed by atoms with Crippen LogP contribution in [-0.4, -0.2) is 10.9 Å². The van der Waals surface area contributed by atoms with Crippen molar-refractivity contribution >= 4 is 22.6 Å². The predicted molar refractivity (Wildman–Crippen MR) is 79.0 cm³/mol. The molecule has 0 aliphatic carbocycles. The number of halogens is 1. The first-order valence-corrected chi connectivity index (χ1v) is 6.61. The lowest BCUT2D eigenvalue weighted by molar-refractivity contribution is -0.384. The molecule has 0 N–H and O–H groups in total. The molecule has 0 spiro atoms. The van der Waals surface area contributed by atoms with E-state index < -0.39 is 16.7 Å². The third-order valence-electron chi connectivity index (χ3n) is 3.34. The molecule has 0 amide bonds. The van der Waals surface area contributed by atoms with E-state index in [1.807, 2.05) is 0 Å². The van der Waals surface area contributed by atoms with Gasteiger partial charge in [0.1, 0.15) is 17.1 Å². The Morgan fingerprint density at radius 2 is 1.91 bits per heavy atom. The maximum Gasteiger partial charge on any atom is 0.379 e. The molecule has 0 atom stereocenters. The van der Waals surface area contributed by atoms with Crippen LogP contribution in [0.5, 0.6) is 5.75 Å². The zero-order valence-corrected chi connectivity index (χ0v) is 11.9. The molecule has 0 bridgehead atoms. The summed E-state index contributed by atoms with van der Waals surface area (Å²) >= 11 is 0. The Morgan fingerprint density at radius 3 is 2.57 bits per heavy atom. The van der Waals surface area contributed by atoms with Crippen LogP contribution in [0.25, 0.3) is 11.0 Å². The summed E-state index contributed by atoms with van der Waals surface area (Å²) in [5.74, 6) is -1.08. The highest BCUT2D eigenvalue weighted by Gasteiger charge is 2.20. The Kier molecular flexibility index (Phi) is 3.53. The van der Waals surface area contributed by atoms with Crippen LogP contribution in [0.3, 0.4) is 0 Å². The fourth-order valence-corrected chi connectivity index (χ4v) is 2.18. The van der Waals surface area contributed by atoms with Gasteiger partial charge in [-0.1, -0.05) is 0 Å². The van der Waals surface area contributed by atoms with Gasteiger partial charge in [0.25, 0.3) is 5.69 Å². The molecule has 0 aliphatic rings. The maximum atomic E-state index is 13.3. The van der Waals surface area contributed by atoms with Gasteiger partial charge in [-0.05, 0) is 37.3 Å². The number of nitro groups is 1. The van der Waals surface area contributed by atoms with Crippen molar-refractivity contribution in [3.63, 3.8) is 0 Å². The number of carbonyl (C=O) groups excluding carboxylic acids is 1. The standard InChI is InChI=1S/C16H10FNO5/c1-9-13-8-10(17)2-7-14(13)23-15(9)16(19)22-12-5-3-11(4-6-12)18(20)21/h2-8H,1H3. The van der Waals surface area contributed by atoms with Gasteiger partial charge in [0.2, 0.25) is 5.76 Å². The number of aryl methyl sites for hydroxylation is 1. The largest absolute Gasteiger partial charge is 0.449 e. The summed E-state index contributed by atoms with van der Waals surface area (Å²) in [5, 5.41) is 11.1. The second-order valence-corrected chi connectivity index (χ2v) is 4.84. The van der Waals surface area contributed by atoms with E-state index in [-0.39, 0.29) is 17.2 Å². The third-order valence-corrected chi connectivity index (χ3v) is 3.34. The smallest absolute Gasteiger partial charge is 0.379 e. The minimum Gasteiger partial charge on any atom is -0.449 e. The molecule has 0 saturated heterocycles. The first-order chi connectivity index (χ1) is 11.0. The number of benzene rings is 2. The maximum absolute atomic E-state index is 13.3. The molecule has 0 aliphatic heterocycles. The van der Waals surface area contributed by atoms with E-state index in [9.17, 15) is 19.3 Å². The number of rotatable bonds is 3. The lowest BCUT2D eigenvalue weighted by atomic mass is 10.1. The molecular weight excluding hydrogens is 305 g/mol. The highest BCUT2D eigenvalue weighted by atomic mass is 19.1. The van der Waals surface area contributed by atoms with Crippen LogP contribution < -0.4 is 4.74 Å². The number of carbonyl (C=O) groups is 1. The third kappa shape index (κ3) is 2.76. The highest BCUT2D eigenvalue weighted by molar-refractivity contribution is 5.96. The molecule has 3 aromatic rings. The highest BCUT2D eigenvalue weighted by Crippen LogP contribution is 2.27. The van der Waals surface area contributed by atoms with E-state index in [4.69, 9.17) is 9.15 Å². The number of nitrogens with zero attached hydrogens (tertiary/aromatic N) is 1. The zero-order chi connectivity index (χ0) is 16.6. The van der Waals surface area contributed by atoms with Crippen LogP contribution in [0.2, 0.25) is 0 Å². The zero-order valence-electron chi connectivity index (χ0n) is 11.9. The molecule has 116 valence electrons. The van der Waals surface area contributed by atoms with Crippen molar-refractivity contribution in [2.24, 2.45) is 0 Å². The SMILES string of the molecule is Cc1c(C(=O)Oc2ccc([N+](=O)[O-])cc2)oc2ccc(F)cc12. The number of esters is 1. The molecule has 7 heteroatoms. The number of furan rings is 1. The fourth-order valence-electron chi connectivity index (χ4n) is 2.18. The van der Waals surface area contributed by atoms with E-state index in [0.29, 0.717) is 16.5 Å². The summed E-state index contributed by atoms with van der Waals surface area (Å²) in [5.41, 5.74) is 0.728. The van der Waals surface area contributed by atoms with E-state index in [0.717, 1.165) is 0 Å². The quantitative estimate of drug-likeness (QED) is 0.316. The van der Waals surface area contributed by atoms with E-state index >= 15 is 0 Å². The number of fused-ring (bicyclic) bond motifs is 1. The van der Waals surface area contributed by atoms with Gasteiger partial charge in [0.15, 0.2) is 0 Å². The molecule has 3 rings (SSSR count). The summed E-state index contributed by atoms with van der Waals surface area (Å²) in [6.45, 7) is 1.62. The summed E-state index contributed by atoms with van der Waals surface area (Å²) < 4.78 is 23.8. The fraction of sp³-hybridized carbons (Fsp3) is 0.0625. The van der Waals surface area contributed by atoms with Crippen LogP contribution in [-0.2, 0) is 0 Å². The van der Waals surface area contributed by atoms with Crippen molar-refractivity contribution in [1.29, 1.82) is 0 Å². The summed E-state index contributed by atoms with van der Waals surface area (Å²) in [4.78, 5) is 22.2. The Hall–Kier alpha value is -3.22. The number of ether oxygens (including phenoxy) is 1. The van der Waals surface area contributed by atoms with Gasteiger partial charge >= 0.3 is 5.97 Å². The Bertz CT molecular complexity index is 914. The van der Waals surface area contributed by atoms with E-state index in [1.165, 1.54) is 42.5 Å². The lowest BCUT2D eigenvalue weighted by Crippen LogP contribution is -2.08. The molecule has 0 fully saturated rings. The van der Waals surface area contributed by atoms with Gasteiger partial charge in [0, 0.05) is 23.1 Å². The summed E-state index contributed by atoms with van der Waals surface area (Å²) in [7, 11) is 0. The van der Waals surface area contributed by atoms with Crippen LogP contribution in [0, 0.1) is 22.9 Å². The molecule has 6 nitrogen and oxygen atoms in total. The molecule has 23 heavy (non-hydrogen) atoms. The molecule has 1 aromatic heterocycles. The van der Waals surface area contributed by atoms with Gasteiger partial charge in [-0.25, -0.2) is 9.18 Å². The van der Waals surface area contributed by atoms with Gasteiger partial charge in [0.05, 0.1) is 4.92 Å². The topological polar surface area (TPSA) is 82.6 Å². The van der Waals surface area contributed by atoms with Crippen molar-refractivity contribution in [3.8, 4) is 5.75 Å². The number of hydrogen-bond donors (Lipinski definition) is 0. The first-order valence-electron chi connectivity index (χ1n) is 6.61. The van der Waals surface area contributed by atoms with E-state index in [1.54, 1.807) is 6.92 Å². The molecule has 0 radical (unpaired) electrons. The Morgan fingerprint density at radius 1 is 1.22 bits per heavy atom. The monoisotopic (exact) mass is 315 g/mol. The number of hydrogen-bond acceptors (Lipinski definition) is 5. The molecule has 0 unspecified atom stereocenters. The van der Waals surface area contributed by atoms with Crippen molar-refractivity contribution in [2.45, 2.75) is 6.92 Å². The average Bonchev–Trinajstić information content (AvgIpc) is 2.85.